The van der Waals surface area contributed by atoms with Crippen molar-refractivity contribution in [3.8, 4) is 5.88 Å². The Morgan fingerprint density at radius 1 is 1.14 bits per heavy atom. The molecule has 1 aliphatic carbocycles. The van der Waals surface area contributed by atoms with Gasteiger partial charge in [0, 0.05) is 25.2 Å². The summed E-state index contributed by atoms with van der Waals surface area (Å²) in [4.78, 5) is 7.09. The number of hydrogen-bond acceptors (Lipinski definition) is 5. The lowest BCUT2D eigenvalue weighted by Crippen LogP contribution is -2.20. The Kier molecular flexibility index (Phi) is 5.29. The molecule has 1 aromatic carbocycles. The summed E-state index contributed by atoms with van der Waals surface area (Å²) in [6.07, 6.45) is 5.31. The van der Waals surface area contributed by atoms with Gasteiger partial charge in [0.05, 0.1) is 12.0 Å². The molecule has 4 rings (SSSR count). The number of likely N-dealkylation sites (N-methyl/N-ethyl adjacent to an activating group) is 1. The molecule has 7 heteroatoms. The van der Waals surface area contributed by atoms with E-state index < -0.39 is 10.0 Å². The number of pyridine rings is 1. The van der Waals surface area contributed by atoms with Gasteiger partial charge in [-0.1, -0.05) is 18.6 Å². The molecule has 0 radical (unpaired) electrons. The molecule has 2 aromatic rings. The van der Waals surface area contributed by atoms with E-state index in [4.69, 9.17) is 4.74 Å². The number of aromatic nitrogens is 1. The molecular weight excluding hydrogens is 374 g/mol. The zero-order chi connectivity index (χ0) is 19.7. The second-order valence-electron chi connectivity index (χ2n) is 7.76. The van der Waals surface area contributed by atoms with Gasteiger partial charge < -0.3 is 9.64 Å². The van der Waals surface area contributed by atoms with Crippen molar-refractivity contribution in [2.45, 2.75) is 42.9 Å². The fourth-order valence-electron chi connectivity index (χ4n) is 3.82. The summed E-state index contributed by atoms with van der Waals surface area (Å²) in [5.74, 6) is 0.898. The van der Waals surface area contributed by atoms with Crippen LogP contribution in [0.3, 0.4) is 0 Å². The predicted molar refractivity (Wildman–Crippen MR) is 110 cm³/mol. The third kappa shape index (κ3) is 3.86. The molecule has 1 saturated carbocycles. The Balaban J connectivity index is 1.60. The summed E-state index contributed by atoms with van der Waals surface area (Å²) in [6, 6.07) is 9.12. The summed E-state index contributed by atoms with van der Waals surface area (Å²) in [7, 11) is -0.104. The third-order valence-corrected chi connectivity index (χ3v) is 7.24. The van der Waals surface area contributed by atoms with Gasteiger partial charge >= 0.3 is 0 Å². The van der Waals surface area contributed by atoms with E-state index in [1.165, 1.54) is 31.9 Å². The molecule has 6 nitrogen and oxygen atoms in total. The van der Waals surface area contributed by atoms with Crippen LogP contribution in [0.15, 0.2) is 35.2 Å². The Labute approximate surface area is 167 Å². The number of methoxy groups -OCH3 is 1. The molecule has 0 atom stereocenters. The molecule has 0 bridgehead atoms. The Morgan fingerprint density at radius 2 is 1.86 bits per heavy atom. The van der Waals surface area contributed by atoms with Crippen LogP contribution in [-0.4, -0.2) is 45.5 Å². The number of fused-ring (bicyclic) bond motifs is 1. The first-order valence-corrected chi connectivity index (χ1v) is 11.3. The first-order valence-electron chi connectivity index (χ1n) is 9.84. The van der Waals surface area contributed by atoms with Crippen LogP contribution in [0.5, 0.6) is 5.88 Å². The minimum Gasteiger partial charge on any atom is -0.479 e. The topological polar surface area (TPSA) is 71.5 Å². The third-order valence-electron chi connectivity index (χ3n) is 5.85. The van der Waals surface area contributed by atoms with E-state index in [2.05, 4.69) is 21.7 Å². The van der Waals surface area contributed by atoms with Crippen molar-refractivity contribution in [3.05, 3.63) is 47.2 Å². The van der Waals surface area contributed by atoms with Crippen LogP contribution < -0.4 is 9.46 Å². The molecule has 1 fully saturated rings. The average Bonchev–Trinajstić information content (AvgIpc) is 2.81. The normalized spacial score (nSPS) is 18.1. The number of benzene rings is 1. The monoisotopic (exact) mass is 401 g/mol. The van der Waals surface area contributed by atoms with Gasteiger partial charge in [0.2, 0.25) is 5.88 Å². The second kappa shape index (κ2) is 7.72. The molecule has 28 heavy (non-hydrogen) atoms. The number of anilines is 1. The van der Waals surface area contributed by atoms with Gasteiger partial charge in [-0.05, 0) is 61.6 Å². The minimum atomic E-state index is -3.70. The van der Waals surface area contributed by atoms with Crippen LogP contribution in [0, 0.1) is 0 Å². The van der Waals surface area contributed by atoms with E-state index in [9.17, 15) is 8.42 Å². The lowest BCUT2D eigenvalue weighted by molar-refractivity contribution is 0.351. The summed E-state index contributed by atoms with van der Waals surface area (Å²) >= 11 is 0. The summed E-state index contributed by atoms with van der Waals surface area (Å²) in [6.45, 7) is 1.86. The van der Waals surface area contributed by atoms with E-state index >= 15 is 0 Å². The Morgan fingerprint density at radius 3 is 2.50 bits per heavy atom. The first kappa shape index (κ1) is 19.2. The molecule has 1 N–H and O–H groups in total. The van der Waals surface area contributed by atoms with Gasteiger partial charge in [-0.2, -0.15) is 0 Å². The molecule has 0 spiro atoms. The number of rotatable bonds is 5. The van der Waals surface area contributed by atoms with E-state index in [0.29, 0.717) is 17.5 Å². The average molecular weight is 402 g/mol. The van der Waals surface area contributed by atoms with Crippen LogP contribution in [0.1, 0.15) is 42.0 Å². The van der Waals surface area contributed by atoms with Gasteiger partial charge in [-0.3, -0.25) is 4.72 Å². The van der Waals surface area contributed by atoms with Crippen molar-refractivity contribution in [3.63, 3.8) is 0 Å². The number of ether oxygens (including phenoxy) is 1. The first-order chi connectivity index (χ1) is 13.5. The Hall–Kier alpha value is -2.12. The summed E-state index contributed by atoms with van der Waals surface area (Å²) < 4.78 is 33.9. The number of nitrogens with zero attached hydrogens (tertiary/aromatic N) is 2. The van der Waals surface area contributed by atoms with Gasteiger partial charge in [0.1, 0.15) is 5.69 Å². The zero-order valence-electron chi connectivity index (χ0n) is 16.4. The van der Waals surface area contributed by atoms with Gasteiger partial charge in [0.15, 0.2) is 0 Å². The number of hydrogen-bond donors (Lipinski definition) is 1. The van der Waals surface area contributed by atoms with Crippen LogP contribution in [-0.2, 0) is 22.9 Å². The van der Waals surface area contributed by atoms with Gasteiger partial charge in [-0.25, -0.2) is 13.4 Å². The van der Waals surface area contributed by atoms with Crippen LogP contribution in [0.2, 0.25) is 0 Å². The van der Waals surface area contributed by atoms with Crippen LogP contribution >= 0.6 is 0 Å². The second-order valence-corrected chi connectivity index (χ2v) is 9.44. The number of nitrogens with one attached hydrogen (secondary N) is 1. The molecule has 1 aliphatic heterocycles. The van der Waals surface area contributed by atoms with Crippen LogP contribution in [0.25, 0.3) is 0 Å². The van der Waals surface area contributed by atoms with Crippen LogP contribution in [0.4, 0.5) is 5.69 Å². The highest BCUT2D eigenvalue weighted by molar-refractivity contribution is 7.92. The van der Waals surface area contributed by atoms with Gasteiger partial charge in [0.25, 0.3) is 10.0 Å². The van der Waals surface area contributed by atoms with Crippen molar-refractivity contribution in [1.29, 1.82) is 0 Å². The molecule has 2 aliphatic rings. The van der Waals surface area contributed by atoms with E-state index in [1.807, 2.05) is 18.2 Å². The highest BCUT2D eigenvalue weighted by Gasteiger charge is 2.23. The predicted octanol–water partition coefficient (Wildman–Crippen LogP) is 3.19. The Bertz CT molecular complexity index is 954. The van der Waals surface area contributed by atoms with Crippen molar-refractivity contribution in [2.75, 3.05) is 32.0 Å². The lowest BCUT2D eigenvalue weighted by atomic mass is 9.80. The minimum absolute atomic E-state index is 0.257. The highest BCUT2D eigenvalue weighted by Crippen LogP contribution is 2.36. The fraction of sp³-hybridized carbons (Fsp3) is 0.476. The molecule has 1 aromatic heterocycles. The molecule has 0 unspecified atom stereocenters. The van der Waals surface area contributed by atoms with E-state index in [1.54, 1.807) is 12.1 Å². The SMILES string of the molecule is COc1nc2c(cc1NS(=O)(=O)c1ccc(C3CCC3)cc1)CCN(C)CC2. The van der Waals surface area contributed by atoms with Crippen molar-refractivity contribution < 1.29 is 13.2 Å². The molecular formula is C21H27N3O3S. The van der Waals surface area contributed by atoms with Crippen molar-refractivity contribution in [2.24, 2.45) is 0 Å². The molecule has 150 valence electrons. The lowest BCUT2D eigenvalue weighted by Gasteiger charge is -2.25. The maximum Gasteiger partial charge on any atom is 0.262 e. The zero-order valence-corrected chi connectivity index (χ0v) is 17.3. The molecule has 0 saturated heterocycles. The van der Waals surface area contributed by atoms with Gasteiger partial charge in [-0.15, -0.1) is 0 Å². The van der Waals surface area contributed by atoms with E-state index in [0.717, 1.165) is 37.2 Å². The van der Waals surface area contributed by atoms with Crippen molar-refractivity contribution >= 4 is 15.7 Å². The summed E-state index contributed by atoms with van der Waals surface area (Å²) in [5.41, 5.74) is 3.67. The fourth-order valence-corrected chi connectivity index (χ4v) is 4.87. The summed E-state index contributed by atoms with van der Waals surface area (Å²) in [5, 5.41) is 0. The smallest absolute Gasteiger partial charge is 0.262 e. The van der Waals surface area contributed by atoms with Crippen molar-refractivity contribution in [1.82, 2.24) is 9.88 Å². The highest BCUT2D eigenvalue weighted by atomic mass is 32.2. The standard InChI is InChI=1S/C21H27N3O3S/c1-24-12-10-17-14-20(21(27-2)22-19(17)11-13-24)23-28(25,26)18-8-6-16(7-9-18)15-4-3-5-15/h6-9,14-15,23H,3-5,10-13H2,1-2H3. The quantitative estimate of drug-likeness (QED) is 0.833. The molecule has 2 heterocycles. The maximum atomic E-state index is 12.9. The van der Waals surface area contributed by atoms with E-state index in [-0.39, 0.29) is 4.90 Å². The molecule has 0 amide bonds. The maximum absolute atomic E-state index is 12.9. The number of sulfonamides is 1. The largest absolute Gasteiger partial charge is 0.479 e.